The summed E-state index contributed by atoms with van der Waals surface area (Å²) in [6, 6.07) is 9.93. The number of aromatic nitrogens is 2. The minimum absolute atomic E-state index is 0.594. The van der Waals surface area contributed by atoms with E-state index in [-0.39, 0.29) is 0 Å². The number of para-hydroxylation sites is 1. The zero-order chi connectivity index (χ0) is 14.1. The molecule has 2 aromatic heterocycles. The van der Waals surface area contributed by atoms with Crippen LogP contribution in [0.4, 0.5) is 0 Å². The highest BCUT2D eigenvalue weighted by molar-refractivity contribution is 9.10. The zero-order valence-corrected chi connectivity index (χ0v) is 13.1. The number of rotatable bonds is 3. The van der Waals surface area contributed by atoms with E-state index in [4.69, 9.17) is 0 Å². The van der Waals surface area contributed by atoms with E-state index in [1.807, 2.05) is 42.6 Å². The van der Waals surface area contributed by atoms with Crippen LogP contribution in [0.1, 0.15) is 15.9 Å². The second-order valence-corrected chi connectivity index (χ2v) is 6.15. The first kappa shape index (κ1) is 13.3. The smallest absolute Gasteiger partial charge is 0.153 e. The Morgan fingerprint density at radius 1 is 1.30 bits per heavy atom. The number of hydrogen-bond acceptors (Lipinski definition) is 3. The molecular weight excluding hydrogens is 336 g/mol. The molecule has 0 aliphatic rings. The van der Waals surface area contributed by atoms with Crippen LogP contribution in [0.2, 0.25) is 0 Å². The van der Waals surface area contributed by atoms with Crippen LogP contribution < -0.4 is 0 Å². The van der Waals surface area contributed by atoms with Gasteiger partial charge >= 0.3 is 0 Å². The Hall–Kier alpha value is -1.72. The van der Waals surface area contributed by atoms with Gasteiger partial charge in [0.1, 0.15) is 5.69 Å². The van der Waals surface area contributed by atoms with Crippen molar-refractivity contribution in [2.45, 2.75) is 6.92 Å². The maximum Gasteiger partial charge on any atom is 0.153 e. The molecule has 0 fully saturated rings. The Kier molecular flexibility index (Phi) is 3.54. The van der Waals surface area contributed by atoms with E-state index in [0.29, 0.717) is 11.3 Å². The predicted molar refractivity (Wildman–Crippen MR) is 84.7 cm³/mol. The Labute approximate surface area is 129 Å². The minimum atomic E-state index is 0.594. The second kappa shape index (κ2) is 5.34. The number of halogens is 1. The summed E-state index contributed by atoms with van der Waals surface area (Å²) in [5.41, 5.74) is 3.40. The average Bonchev–Trinajstić information content (AvgIpc) is 3.04. The van der Waals surface area contributed by atoms with Crippen LogP contribution in [0, 0.1) is 6.92 Å². The molecule has 0 bridgehead atoms. The van der Waals surface area contributed by atoms with Crippen molar-refractivity contribution in [1.29, 1.82) is 0 Å². The molecule has 0 saturated heterocycles. The molecule has 1 aromatic carbocycles. The standard InChI is InChI=1S/C15H11BrN2OS/c1-10-4-2-3-5-13(10)18-8-11(9-19)14(17-18)15-12(16)6-7-20-15/h2-9H,1H3. The number of carbonyl (C=O) groups excluding carboxylic acids is 1. The molecule has 0 saturated carbocycles. The Bertz CT molecular complexity index is 776. The lowest BCUT2D eigenvalue weighted by molar-refractivity contribution is 0.112. The molecule has 3 rings (SSSR count). The van der Waals surface area contributed by atoms with E-state index < -0.39 is 0 Å². The van der Waals surface area contributed by atoms with Gasteiger partial charge in [-0.25, -0.2) is 4.68 Å². The highest BCUT2D eigenvalue weighted by Crippen LogP contribution is 2.34. The molecule has 5 heteroatoms. The molecule has 2 heterocycles. The second-order valence-electron chi connectivity index (χ2n) is 4.38. The molecule has 0 radical (unpaired) electrons. The highest BCUT2D eigenvalue weighted by Gasteiger charge is 2.15. The molecule has 0 aliphatic heterocycles. The number of thiophene rings is 1. The van der Waals surface area contributed by atoms with E-state index in [1.165, 1.54) is 0 Å². The van der Waals surface area contributed by atoms with Crippen LogP contribution in [-0.4, -0.2) is 16.1 Å². The van der Waals surface area contributed by atoms with Gasteiger partial charge in [0.05, 0.1) is 16.1 Å². The van der Waals surface area contributed by atoms with Crippen LogP contribution >= 0.6 is 27.3 Å². The summed E-state index contributed by atoms with van der Waals surface area (Å²) in [6.07, 6.45) is 2.63. The van der Waals surface area contributed by atoms with Crippen molar-refractivity contribution in [3.05, 3.63) is 57.5 Å². The molecule has 0 spiro atoms. The zero-order valence-electron chi connectivity index (χ0n) is 10.7. The first-order valence-corrected chi connectivity index (χ1v) is 7.72. The lowest BCUT2D eigenvalue weighted by atomic mass is 10.2. The molecular formula is C15H11BrN2OS. The molecule has 0 amide bonds. The van der Waals surface area contributed by atoms with Gasteiger partial charge in [0, 0.05) is 10.7 Å². The van der Waals surface area contributed by atoms with Crippen molar-refractivity contribution in [1.82, 2.24) is 9.78 Å². The topological polar surface area (TPSA) is 34.9 Å². The molecule has 0 unspecified atom stereocenters. The Morgan fingerprint density at radius 2 is 2.10 bits per heavy atom. The lowest BCUT2D eigenvalue weighted by Gasteiger charge is -2.04. The van der Waals surface area contributed by atoms with Gasteiger partial charge in [-0.2, -0.15) is 5.10 Å². The normalized spacial score (nSPS) is 10.7. The molecule has 100 valence electrons. The fourth-order valence-electron chi connectivity index (χ4n) is 2.06. The largest absolute Gasteiger partial charge is 0.298 e. The van der Waals surface area contributed by atoms with Gasteiger partial charge in [-0.15, -0.1) is 11.3 Å². The van der Waals surface area contributed by atoms with Gasteiger partial charge in [-0.05, 0) is 45.9 Å². The van der Waals surface area contributed by atoms with Gasteiger partial charge in [0.2, 0.25) is 0 Å². The number of hydrogen-bond donors (Lipinski definition) is 0. The number of aryl methyl sites for hydroxylation is 1. The molecule has 3 nitrogen and oxygen atoms in total. The summed E-state index contributed by atoms with van der Waals surface area (Å²) < 4.78 is 2.72. The lowest BCUT2D eigenvalue weighted by Crippen LogP contribution is -1.97. The van der Waals surface area contributed by atoms with Gasteiger partial charge < -0.3 is 0 Å². The third-order valence-electron chi connectivity index (χ3n) is 3.06. The maximum atomic E-state index is 11.3. The van der Waals surface area contributed by atoms with Gasteiger partial charge in [0.15, 0.2) is 6.29 Å². The number of nitrogens with zero attached hydrogens (tertiary/aromatic N) is 2. The summed E-state index contributed by atoms with van der Waals surface area (Å²) in [7, 11) is 0. The van der Waals surface area contributed by atoms with E-state index in [2.05, 4.69) is 21.0 Å². The first-order valence-electron chi connectivity index (χ1n) is 6.05. The van der Waals surface area contributed by atoms with Gasteiger partial charge in [0.25, 0.3) is 0 Å². The molecule has 20 heavy (non-hydrogen) atoms. The summed E-state index contributed by atoms with van der Waals surface area (Å²) in [4.78, 5) is 12.3. The van der Waals surface area contributed by atoms with Crippen molar-refractivity contribution < 1.29 is 4.79 Å². The van der Waals surface area contributed by atoms with Crippen LogP contribution in [0.15, 0.2) is 46.4 Å². The van der Waals surface area contributed by atoms with Crippen LogP contribution in [-0.2, 0) is 0 Å². The van der Waals surface area contributed by atoms with Crippen molar-refractivity contribution in [2.24, 2.45) is 0 Å². The maximum absolute atomic E-state index is 11.3. The Balaban J connectivity index is 2.17. The van der Waals surface area contributed by atoms with E-state index in [9.17, 15) is 4.79 Å². The van der Waals surface area contributed by atoms with E-state index in [1.54, 1.807) is 22.2 Å². The number of carbonyl (C=O) groups is 1. The SMILES string of the molecule is Cc1ccccc1-n1cc(C=O)c(-c2sccc2Br)n1. The van der Waals surface area contributed by atoms with Crippen molar-refractivity contribution >= 4 is 33.6 Å². The van der Waals surface area contributed by atoms with Crippen molar-refractivity contribution in [3.8, 4) is 16.3 Å². The van der Waals surface area contributed by atoms with Gasteiger partial charge in [-0.3, -0.25) is 4.79 Å². The van der Waals surface area contributed by atoms with Gasteiger partial charge in [-0.1, -0.05) is 18.2 Å². The fraction of sp³-hybridized carbons (Fsp3) is 0.0667. The van der Waals surface area contributed by atoms with Crippen molar-refractivity contribution in [2.75, 3.05) is 0 Å². The monoisotopic (exact) mass is 346 g/mol. The van der Waals surface area contributed by atoms with E-state index >= 15 is 0 Å². The third kappa shape index (κ3) is 2.23. The molecule has 0 atom stereocenters. The summed E-state index contributed by atoms with van der Waals surface area (Å²) in [5, 5.41) is 6.55. The Morgan fingerprint density at radius 3 is 2.75 bits per heavy atom. The third-order valence-corrected chi connectivity index (χ3v) is 4.91. The quantitative estimate of drug-likeness (QED) is 0.655. The van der Waals surface area contributed by atoms with Crippen LogP contribution in [0.25, 0.3) is 16.3 Å². The molecule has 0 aliphatic carbocycles. The summed E-state index contributed by atoms with van der Waals surface area (Å²) in [6.45, 7) is 2.03. The van der Waals surface area contributed by atoms with Crippen LogP contribution in [0.5, 0.6) is 0 Å². The van der Waals surface area contributed by atoms with Crippen LogP contribution in [0.3, 0.4) is 0 Å². The average molecular weight is 347 g/mol. The fourth-order valence-corrected chi connectivity index (χ4v) is 3.62. The van der Waals surface area contributed by atoms with Crippen molar-refractivity contribution in [3.63, 3.8) is 0 Å². The first-order chi connectivity index (χ1) is 9.70. The molecule has 3 aromatic rings. The summed E-state index contributed by atoms with van der Waals surface area (Å²) in [5.74, 6) is 0. The predicted octanol–water partition coefficient (Wildman–Crippen LogP) is 4.48. The highest BCUT2D eigenvalue weighted by atomic mass is 79.9. The number of benzene rings is 1. The minimum Gasteiger partial charge on any atom is -0.298 e. The number of aldehydes is 1. The summed E-state index contributed by atoms with van der Waals surface area (Å²) >= 11 is 5.05. The van der Waals surface area contributed by atoms with E-state index in [0.717, 1.165) is 26.9 Å². The molecule has 0 N–H and O–H groups in total.